The lowest BCUT2D eigenvalue weighted by atomic mass is 9.99. The number of hydrogen-bond acceptors (Lipinski definition) is 9. The van der Waals surface area contributed by atoms with Gasteiger partial charge in [-0.25, -0.2) is 19.6 Å². The molecule has 4 amide bonds. The Labute approximate surface area is 337 Å². The maximum absolute atomic E-state index is 13.8. The van der Waals surface area contributed by atoms with E-state index in [-0.39, 0.29) is 29.8 Å². The van der Waals surface area contributed by atoms with Crippen molar-refractivity contribution < 1.29 is 33.8 Å². The Balaban J connectivity index is 1.09. The zero-order valence-corrected chi connectivity index (χ0v) is 35.0. The van der Waals surface area contributed by atoms with Gasteiger partial charge in [-0.1, -0.05) is 69.4 Å². The number of alkyl carbamates (subject to hydrolysis) is 2. The maximum atomic E-state index is 13.8. The highest BCUT2D eigenvalue weighted by molar-refractivity contribution is 6.78. The van der Waals surface area contributed by atoms with Crippen molar-refractivity contribution >= 4 is 53.9 Å². The predicted octanol–water partition coefficient (Wildman–Crippen LogP) is 6.05. The molecule has 0 radical (unpaired) electrons. The van der Waals surface area contributed by atoms with Gasteiger partial charge >= 0.3 is 12.2 Å². The Morgan fingerprint density at radius 3 is 2.16 bits per heavy atom. The Hall–Kier alpha value is -5.74. The number of ether oxygens (including phenoxy) is 2. The molecule has 16 heteroatoms. The van der Waals surface area contributed by atoms with Crippen molar-refractivity contribution in [2.24, 2.45) is 5.92 Å². The van der Waals surface area contributed by atoms with Crippen molar-refractivity contribution in [3.63, 3.8) is 0 Å². The van der Waals surface area contributed by atoms with Gasteiger partial charge in [0.2, 0.25) is 11.8 Å². The van der Waals surface area contributed by atoms with Crippen LogP contribution in [0.3, 0.4) is 0 Å². The maximum Gasteiger partial charge on any atom is 0.407 e. The fourth-order valence-corrected chi connectivity index (χ4v) is 11.2. The van der Waals surface area contributed by atoms with E-state index in [0.29, 0.717) is 24.4 Å². The Morgan fingerprint density at radius 2 is 1.48 bits per heavy atom. The van der Waals surface area contributed by atoms with Gasteiger partial charge in [0.15, 0.2) is 0 Å². The highest BCUT2D eigenvalue weighted by Crippen LogP contribution is 2.39. The van der Waals surface area contributed by atoms with Crippen LogP contribution < -0.4 is 10.6 Å². The van der Waals surface area contributed by atoms with Crippen LogP contribution in [0.25, 0.3) is 44.2 Å². The molecule has 0 spiro atoms. The third-order valence-corrected chi connectivity index (χ3v) is 14.1. The number of methoxy groups -OCH3 is 2. The summed E-state index contributed by atoms with van der Waals surface area (Å²) in [5.41, 5.74) is 5.56. The molecule has 2 aliphatic rings. The Bertz CT molecular complexity index is 2340. The number of nitrogens with zero attached hydrogens (tertiary/aromatic N) is 4. The zero-order valence-electron chi connectivity index (χ0n) is 34.0. The molecule has 306 valence electrons. The smallest absolute Gasteiger partial charge is 0.407 e. The number of aliphatic hydroxyl groups is 1. The zero-order chi connectivity index (χ0) is 41.5. The number of nitrogens with one attached hydrogen (secondary N) is 4. The van der Waals surface area contributed by atoms with Crippen molar-refractivity contribution in [2.75, 3.05) is 26.9 Å². The summed E-state index contributed by atoms with van der Waals surface area (Å²) in [4.78, 5) is 71.6. The predicted molar refractivity (Wildman–Crippen MR) is 222 cm³/mol. The summed E-state index contributed by atoms with van der Waals surface area (Å²) in [6, 6.07) is 17.0. The van der Waals surface area contributed by atoms with Crippen LogP contribution in [0.4, 0.5) is 9.59 Å². The molecule has 5 aromatic rings. The molecule has 0 aliphatic carbocycles. The van der Waals surface area contributed by atoms with Crippen LogP contribution in [0, 0.1) is 5.92 Å². The number of H-pyrrole nitrogens is 2. The molecule has 0 saturated carbocycles. The number of rotatable bonds is 10. The molecule has 2 fully saturated rings. The van der Waals surface area contributed by atoms with E-state index in [1.54, 1.807) is 16.0 Å². The molecular weight excluding hydrogens is 757 g/mol. The third kappa shape index (κ3) is 8.03. The lowest BCUT2D eigenvalue weighted by molar-refractivity contribution is -0.137. The fourth-order valence-electron chi connectivity index (χ4n) is 8.34. The lowest BCUT2D eigenvalue weighted by Crippen LogP contribution is -2.54. The first-order chi connectivity index (χ1) is 27.7. The van der Waals surface area contributed by atoms with Crippen molar-refractivity contribution in [3.8, 4) is 22.4 Å². The second-order valence-corrected chi connectivity index (χ2v) is 21.6. The number of amides is 4. The lowest BCUT2D eigenvalue weighted by Gasteiger charge is -2.30. The van der Waals surface area contributed by atoms with E-state index in [2.05, 4.69) is 87.2 Å². The van der Waals surface area contributed by atoms with E-state index in [1.165, 1.54) is 21.1 Å². The van der Waals surface area contributed by atoms with Crippen LogP contribution in [-0.2, 0) is 19.1 Å². The van der Waals surface area contributed by atoms with Gasteiger partial charge in [-0.05, 0) is 65.9 Å². The van der Waals surface area contributed by atoms with Crippen LogP contribution in [0.2, 0.25) is 19.1 Å². The third-order valence-electron chi connectivity index (χ3n) is 11.4. The first kappa shape index (κ1) is 40.5. The number of fused-ring (bicyclic) bond motifs is 3. The minimum atomic E-state index is -1.85. The summed E-state index contributed by atoms with van der Waals surface area (Å²) in [7, 11) is 0.653. The molecule has 2 saturated heterocycles. The first-order valence-corrected chi connectivity index (χ1v) is 23.2. The summed E-state index contributed by atoms with van der Waals surface area (Å²) in [6.45, 7) is 10.3. The van der Waals surface area contributed by atoms with Crippen LogP contribution >= 0.6 is 0 Å². The topological polar surface area (TPSA) is 195 Å². The summed E-state index contributed by atoms with van der Waals surface area (Å²) in [6.07, 6.45) is 1.45. The van der Waals surface area contributed by atoms with E-state index >= 15 is 0 Å². The van der Waals surface area contributed by atoms with E-state index in [1.807, 2.05) is 19.9 Å². The van der Waals surface area contributed by atoms with Crippen LogP contribution in [0.5, 0.6) is 0 Å². The molecule has 1 unspecified atom stereocenters. The van der Waals surface area contributed by atoms with Gasteiger partial charge < -0.3 is 45.0 Å². The normalized spacial score (nSPS) is 19.3. The molecule has 3 aromatic carbocycles. The number of carbonyl (C=O) groups is 4. The minimum Gasteiger partial charge on any atom is -0.453 e. The number of aromatic nitrogens is 4. The first-order valence-electron chi connectivity index (χ1n) is 19.7. The molecule has 5 N–H and O–H groups in total. The monoisotopic (exact) mass is 808 g/mol. The van der Waals surface area contributed by atoms with Gasteiger partial charge in [0, 0.05) is 18.1 Å². The Morgan fingerprint density at radius 1 is 0.828 bits per heavy atom. The van der Waals surface area contributed by atoms with E-state index < -0.39 is 38.4 Å². The average Bonchev–Trinajstić information content (AvgIpc) is 4.03. The molecule has 2 aliphatic heterocycles. The van der Waals surface area contributed by atoms with Gasteiger partial charge in [-0.15, -0.1) is 0 Å². The van der Waals surface area contributed by atoms with Gasteiger partial charge in [-0.2, -0.15) is 0 Å². The van der Waals surface area contributed by atoms with Crippen molar-refractivity contribution in [3.05, 3.63) is 72.4 Å². The number of aliphatic hydroxyl groups excluding tert-OH is 1. The summed E-state index contributed by atoms with van der Waals surface area (Å²) >= 11 is 0. The summed E-state index contributed by atoms with van der Waals surface area (Å²) < 4.78 is 9.48. The number of benzene rings is 3. The largest absolute Gasteiger partial charge is 0.453 e. The van der Waals surface area contributed by atoms with Gasteiger partial charge in [0.05, 0.1) is 63.4 Å². The van der Waals surface area contributed by atoms with Crippen molar-refractivity contribution in [1.29, 1.82) is 0 Å². The average molecular weight is 809 g/mol. The van der Waals surface area contributed by atoms with E-state index in [9.17, 15) is 24.3 Å². The molecule has 15 nitrogen and oxygen atoms in total. The number of aromatic amines is 2. The number of carbonyl (C=O) groups excluding carboxylic acids is 4. The standard InChI is InChI=1S/C42H52N8O7Si/c1-23(2)34(47-41(54)56-4)39(52)49-18-8-9-32(49)37-43-20-31(45-37)26-12-10-25(11-13-26)27-14-16-29-28(19-27)15-17-30-36(29)46-38(44-30)33-21-58(6,7)22-50(33)40(53)35(24(3)51)48-42(55)57-5/h10-17,19-20,23-24,32-35,51H,8-9,18,21-22H2,1-7H3,(H,43,45)(H,44,46)(H,47,54)(H,48,55)/t24?,32-,33-,34-,35-/m0/s1. The van der Waals surface area contributed by atoms with Crippen LogP contribution in [0.1, 0.15) is 57.3 Å². The number of likely N-dealkylation sites (tertiary alicyclic amines) is 1. The van der Waals surface area contributed by atoms with Crippen LogP contribution in [-0.4, -0.2) is 112 Å². The van der Waals surface area contributed by atoms with E-state index in [0.717, 1.165) is 63.1 Å². The molecule has 5 atom stereocenters. The molecule has 0 bridgehead atoms. The molecule has 58 heavy (non-hydrogen) atoms. The SMILES string of the molecule is COC(=O)N[C@H](C(=O)N1CCC[C@H]1c1ncc(-c2ccc(-c3ccc4c(ccc5[nH]c([C@@H]6C[Si](C)(C)CN6C(=O)[C@@H](NC(=O)OC)C(C)O)nc54)c3)cc2)[nH]1)C(C)C. The Kier molecular flexibility index (Phi) is 11.3. The second kappa shape index (κ2) is 16.3. The number of hydrogen-bond donors (Lipinski definition) is 5. The van der Waals surface area contributed by atoms with E-state index in [4.69, 9.17) is 14.5 Å². The fraction of sp³-hybridized carbons (Fsp3) is 0.429. The quantitative estimate of drug-likeness (QED) is 0.104. The van der Waals surface area contributed by atoms with Gasteiger partial charge in [0.25, 0.3) is 0 Å². The van der Waals surface area contributed by atoms with Crippen LogP contribution in [0.15, 0.2) is 60.8 Å². The molecular formula is C42H52N8O7Si. The second-order valence-electron chi connectivity index (χ2n) is 16.5. The van der Waals surface area contributed by atoms with Gasteiger partial charge in [0.1, 0.15) is 23.7 Å². The minimum absolute atomic E-state index is 0.114. The highest BCUT2D eigenvalue weighted by atomic mass is 28.3. The summed E-state index contributed by atoms with van der Waals surface area (Å²) in [5.74, 6) is 0.768. The highest BCUT2D eigenvalue weighted by Gasteiger charge is 2.46. The molecule has 4 heterocycles. The molecule has 2 aromatic heterocycles. The molecule has 7 rings (SSSR count). The van der Waals surface area contributed by atoms with Crippen molar-refractivity contribution in [1.82, 2.24) is 40.4 Å². The number of imidazole rings is 2. The summed E-state index contributed by atoms with van der Waals surface area (Å²) in [5, 5.41) is 17.6. The van der Waals surface area contributed by atoms with Gasteiger partial charge in [-0.3, -0.25) is 9.59 Å². The van der Waals surface area contributed by atoms with Crippen molar-refractivity contribution in [2.45, 2.75) is 83.0 Å².